The van der Waals surface area contributed by atoms with Gasteiger partial charge in [-0.1, -0.05) is 13.8 Å². The lowest BCUT2D eigenvalue weighted by Crippen LogP contribution is -2.18. The highest BCUT2D eigenvalue weighted by molar-refractivity contribution is 9.09. The summed E-state index contributed by atoms with van der Waals surface area (Å²) in [6.07, 6.45) is 0. The van der Waals surface area contributed by atoms with Crippen molar-refractivity contribution in [2.45, 2.75) is 18.9 Å². The average Bonchev–Trinajstić information content (AvgIpc) is 1.64. The molecular weight excluding hydrogens is 172 g/mol. The second-order valence-electron chi connectivity index (χ2n) is 1.89. The van der Waals surface area contributed by atoms with Gasteiger partial charge in [-0.3, -0.25) is 4.79 Å². The zero-order valence-electron chi connectivity index (χ0n) is 4.89. The normalized spacial score (nSPS) is 14.1. The van der Waals surface area contributed by atoms with Crippen LogP contribution in [-0.2, 0) is 4.79 Å². The van der Waals surface area contributed by atoms with E-state index in [0.717, 1.165) is 0 Å². The minimum atomic E-state index is -0.984. The first-order chi connectivity index (χ1) is 3.55. The Morgan fingerprint density at radius 1 is 1.62 bits per heavy atom. The van der Waals surface area contributed by atoms with Crippen LogP contribution in [0.25, 0.3) is 0 Å². The van der Waals surface area contributed by atoms with Gasteiger partial charge < -0.3 is 5.11 Å². The van der Waals surface area contributed by atoms with Crippen molar-refractivity contribution in [3.63, 3.8) is 0 Å². The van der Waals surface area contributed by atoms with Gasteiger partial charge in [-0.05, 0) is 15.9 Å². The summed E-state index contributed by atoms with van der Waals surface area (Å²) in [7, 11) is 0. The summed E-state index contributed by atoms with van der Waals surface area (Å²) in [5.41, 5.74) is 0. The molecule has 0 aromatic carbocycles. The quantitative estimate of drug-likeness (QED) is 0.643. The fraction of sp³-hybridized carbons (Fsp3) is 0.800. The maximum Gasteiger partial charge on any atom is 0.174 e. The van der Waals surface area contributed by atoms with Gasteiger partial charge in [0.1, 0.15) is 0 Å². The molecule has 0 amide bonds. The molecule has 0 radical (unpaired) electrons. The second kappa shape index (κ2) is 3.20. The Balaban J connectivity index is 3.65. The first kappa shape index (κ1) is 8.11. The Bertz CT molecular complexity index is 78.4. The van der Waals surface area contributed by atoms with Gasteiger partial charge in [0.2, 0.25) is 0 Å². The fourth-order valence-corrected chi connectivity index (χ4v) is 0.804. The molecule has 0 aromatic rings. The maximum atomic E-state index is 10.5. The number of ketones is 1. The zero-order valence-corrected chi connectivity index (χ0v) is 6.47. The highest BCUT2D eigenvalue weighted by Gasteiger charge is 2.13. The van der Waals surface area contributed by atoms with Crippen LogP contribution in [0.1, 0.15) is 13.8 Å². The van der Waals surface area contributed by atoms with Crippen LogP contribution in [0.3, 0.4) is 0 Å². The Hall–Kier alpha value is 0.110. The average molecular weight is 181 g/mol. The molecule has 0 spiro atoms. The molecule has 1 unspecified atom stereocenters. The highest BCUT2D eigenvalue weighted by atomic mass is 79.9. The molecule has 1 N–H and O–H groups in total. The van der Waals surface area contributed by atoms with Crippen LogP contribution < -0.4 is 0 Å². The van der Waals surface area contributed by atoms with Crippen molar-refractivity contribution in [3.8, 4) is 0 Å². The van der Waals surface area contributed by atoms with E-state index >= 15 is 0 Å². The van der Waals surface area contributed by atoms with E-state index in [0.29, 0.717) is 0 Å². The van der Waals surface area contributed by atoms with Crippen molar-refractivity contribution < 1.29 is 9.90 Å². The molecule has 0 aliphatic heterocycles. The number of rotatable bonds is 2. The van der Waals surface area contributed by atoms with Crippen LogP contribution in [-0.4, -0.2) is 15.9 Å². The number of alkyl halides is 1. The molecule has 3 heteroatoms. The van der Waals surface area contributed by atoms with E-state index in [1.807, 2.05) is 0 Å². The lowest BCUT2D eigenvalue weighted by Gasteiger charge is -2.02. The summed E-state index contributed by atoms with van der Waals surface area (Å²) < 4.78 is 0. The van der Waals surface area contributed by atoms with Crippen molar-refractivity contribution in [3.05, 3.63) is 0 Å². The fourth-order valence-electron chi connectivity index (χ4n) is 0.275. The smallest absolute Gasteiger partial charge is 0.174 e. The SMILES string of the molecule is CC(C)C(=O)C(O)Br. The summed E-state index contributed by atoms with van der Waals surface area (Å²) in [5.74, 6) is -0.269. The van der Waals surface area contributed by atoms with Crippen LogP contribution in [0, 0.1) is 5.92 Å². The molecule has 0 heterocycles. The molecular formula is C5H9BrO2. The van der Waals surface area contributed by atoms with Gasteiger partial charge >= 0.3 is 0 Å². The first-order valence-electron chi connectivity index (χ1n) is 2.41. The molecule has 0 rings (SSSR count). The van der Waals surface area contributed by atoms with Crippen molar-refractivity contribution in [1.82, 2.24) is 0 Å². The van der Waals surface area contributed by atoms with Crippen LogP contribution in [0.2, 0.25) is 0 Å². The highest BCUT2D eigenvalue weighted by Crippen LogP contribution is 2.03. The number of hydrogen-bond donors (Lipinski definition) is 1. The monoisotopic (exact) mass is 180 g/mol. The number of carbonyl (C=O) groups excluding carboxylic acids is 1. The summed E-state index contributed by atoms with van der Waals surface area (Å²) in [4.78, 5) is 10.5. The summed E-state index contributed by atoms with van der Waals surface area (Å²) in [5, 5.41) is 7.57. The second-order valence-corrected chi connectivity index (χ2v) is 2.76. The molecule has 0 aromatic heterocycles. The van der Waals surface area contributed by atoms with E-state index in [4.69, 9.17) is 5.11 Å². The van der Waals surface area contributed by atoms with Gasteiger partial charge in [0.15, 0.2) is 10.8 Å². The predicted molar refractivity (Wildman–Crippen MR) is 34.8 cm³/mol. The van der Waals surface area contributed by atoms with E-state index in [1.54, 1.807) is 13.8 Å². The number of carbonyl (C=O) groups is 1. The summed E-state index contributed by atoms with van der Waals surface area (Å²) >= 11 is 2.75. The Labute approximate surface area is 57.0 Å². The molecule has 48 valence electrons. The standard InChI is InChI=1S/C5H9BrO2/c1-3(2)4(7)5(6)8/h3,5,8H,1-2H3. The maximum absolute atomic E-state index is 10.5. The van der Waals surface area contributed by atoms with Crippen LogP contribution in [0.15, 0.2) is 0 Å². The Morgan fingerprint density at radius 3 is 2.00 bits per heavy atom. The topological polar surface area (TPSA) is 37.3 Å². The van der Waals surface area contributed by atoms with Gasteiger partial charge in [-0.25, -0.2) is 0 Å². The molecule has 1 atom stereocenters. The van der Waals surface area contributed by atoms with Crippen molar-refractivity contribution in [1.29, 1.82) is 0 Å². The molecule has 0 aliphatic rings. The van der Waals surface area contributed by atoms with Crippen LogP contribution >= 0.6 is 15.9 Å². The summed E-state index contributed by atoms with van der Waals surface area (Å²) in [6, 6.07) is 0. The van der Waals surface area contributed by atoms with E-state index in [2.05, 4.69) is 15.9 Å². The molecule has 0 fully saturated rings. The number of aliphatic hydroxyl groups is 1. The Kier molecular flexibility index (Phi) is 3.24. The lowest BCUT2D eigenvalue weighted by atomic mass is 10.1. The van der Waals surface area contributed by atoms with Crippen molar-refractivity contribution >= 4 is 21.7 Å². The van der Waals surface area contributed by atoms with Crippen molar-refractivity contribution in [2.75, 3.05) is 0 Å². The number of hydrogen-bond acceptors (Lipinski definition) is 2. The number of Topliss-reactive ketones (excluding diaryl/α,β-unsaturated/α-hetero) is 1. The molecule has 0 saturated heterocycles. The minimum absolute atomic E-state index is 0.0932. The van der Waals surface area contributed by atoms with Gasteiger partial charge in [-0.15, -0.1) is 0 Å². The molecule has 2 nitrogen and oxygen atoms in total. The van der Waals surface area contributed by atoms with Crippen LogP contribution in [0.4, 0.5) is 0 Å². The Morgan fingerprint density at radius 2 is 2.00 bits per heavy atom. The lowest BCUT2D eigenvalue weighted by molar-refractivity contribution is -0.125. The van der Waals surface area contributed by atoms with E-state index in [-0.39, 0.29) is 11.7 Å². The molecule has 0 bridgehead atoms. The van der Waals surface area contributed by atoms with Gasteiger partial charge in [0.25, 0.3) is 0 Å². The third-order valence-corrected chi connectivity index (χ3v) is 1.26. The molecule has 0 saturated carbocycles. The number of halogens is 1. The minimum Gasteiger partial charge on any atom is -0.374 e. The third kappa shape index (κ3) is 2.43. The zero-order chi connectivity index (χ0) is 6.73. The third-order valence-electron chi connectivity index (χ3n) is 0.804. The van der Waals surface area contributed by atoms with E-state index < -0.39 is 5.01 Å². The van der Waals surface area contributed by atoms with Gasteiger partial charge in [-0.2, -0.15) is 0 Å². The van der Waals surface area contributed by atoms with Gasteiger partial charge in [0.05, 0.1) is 0 Å². The van der Waals surface area contributed by atoms with Crippen molar-refractivity contribution in [2.24, 2.45) is 5.92 Å². The molecule has 0 aliphatic carbocycles. The first-order valence-corrected chi connectivity index (χ1v) is 3.33. The summed E-state index contributed by atoms with van der Waals surface area (Å²) in [6.45, 7) is 3.49. The largest absolute Gasteiger partial charge is 0.374 e. The van der Waals surface area contributed by atoms with E-state index in [1.165, 1.54) is 0 Å². The van der Waals surface area contributed by atoms with E-state index in [9.17, 15) is 4.79 Å². The predicted octanol–water partition coefficient (Wildman–Crippen LogP) is 0.925. The van der Waals surface area contributed by atoms with Crippen LogP contribution in [0.5, 0.6) is 0 Å². The van der Waals surface area contributed by atoms with Gasteiger partial charge in [0, 0.05) is 5.92 Å². The number of aliphatic hydroxyl groups excluding tert-OH is 1. The molecule has 8 heavy (non-hydrogen) atoms.